The van der Waals surface area contributed by atoms with E-state index in [1.807, 2.05) is 0 Å². The lowest BCUT2D eigenvalue weighted by Crippen LogP contribution is -2.48. The summed E-state index contributed by atoms with van der Waals surface area (Å²) in [5.41, 5.74) is -0.713. The van der Waals surface area contributed by atoms with Gasteiger partial charge in [-0.1, -0.05) is 24.3 Å². The highest BCUT2D eigenvalue weighted by molar-refractivity contribution is 6.23. The number of hydrogen-bond acceptors (Lipinski definition) is 5. The monoisotopic (exact) mass is 451 g/mol. The fourth-order valence-corrected chi connectivity index (χ4v) is 3.88. The third-order valence-electron chi connectivity index (χ3n) is 5.80. The first kappa shape index (κ1) is 22.1. The molecule has 1 fully saturated rings. The average Bonchev–Trinajstić information content (AvgIpc) is 2.96. The number of aromatic amines is 1. The maximum absolute atomic E-state index is 14.8. The standard InChI is InChI=1S/C23H22FN5O4/c1-23(2)21(32)29(22(33)28(23)12-19(30)25-3)18-11-13(8-9-16(18)24)10-17-14-6-4-5-7-15(14)20(31)27-26-17/h4-9,11H,10,12H2,1-3H3,(H,25,30)(H,27,31). The van der Waals surface area contributed by atoms with Crippen molar-refractivity contribution in [2.24, 2.45) is 0 Å². The van der Waals surface area contributed by atoms with Crippen LogP contribution in [0.2, 0.25) is 0 Å². The molecule has 4 rings (SSSR count). The molecule has 4 amide bonds. The van der Waals surface area contributed by atoms with Gasteiger partial charge in [0, 0.05) is 18.9 Å². The lowest BCUT2D eigenvalue weighted by atomic mass is 10.0. The Labute approximate surface area is 188 Å². The summed E-state index contributed by atoms with van der Waals surface area (Å²) >= 11 is 0. The topological polar surface area (TPSA) is 115 Å². The van der Waals surface area contributed by atoms with Crippen LogP contribution in [-0.2, 0) is 16.0 Å². The molecule has 2 N–H and O–H groups in total. The molecule has 0 unspecified atom stereocenters. The number of nitrogens with one attached hydrogen (secondary N) is 2. The second-order valence-electron chi connectivity index (χ2n) is 8.25. The van der Waals surface area contributed by atoms with Crippen molar-refractivity contribution >= 4 is 34.3 Å². The Bertz CT molecular complexity index is 1350. The number of fused-ring (bicyclic) bond motifs is 1. The van der Waals surface area contributed by atoms with E-state index in [2.05, 4.69) is 15.5 Å². The lowest BCUT2D eigenvalue weighted by molar-refractivity contribution is -0.125. The Hall–Kier alpha value is -4.08. The molecule has 1 aromatic heterocycles. The molecule has 0 saturated carbocycles. The number of carbonyl (C=O) groups is 3. The highest BCUT2D eigenvalue weighted by Gasteiger charge is 2.53. The zero-order valence-corrected chi connectivity index (χ0v) is 18.3. The van der Waals surface area contributed by atoms with E-state index in [4.69, 9.17) is 0 Å². The molecule has 0 spiro atoms. The summed E-state index contributed by atoms with van der Waals surface area (Å²) in [6.45, 7) is 2.68. The van der Waals surface area contributed by atoms with Crippen molar-refractivity contribution in [3.63, 3.8) is 0 Å². The van der Waals surface area contributed by atoms with Gasteiger partial charge in [0.15, 0.2) is 0 Å². The number of carbonyl (C=O) groups excluding carboxylic acids is 3. The fraction of sp³-hybridized carbons (Fsp3) is 0.261. The van der Waals surface area contributed by atoms with E-state index in [1.165, 1.54) is 39.1 Å². The molecular formula is C23H22FN5O4. The van der Waals surface area contributed by atoms with Crippen LogP contribution in [0.25, 0.3) is 10.8 Å². The van der Waals surface area contributed by atoms with Crippen molar-refractivity contribution in [2.75, 3.05) is 18.5 Å². The van der Waals surface area contributed by atoms with Crippen LogP contribution in [0.3, 0.4) is 0 Å². The first-order valence-electron chi connectivity index (χ1n) is 10.3. The molecule has 9 nitrogen and oxygen atoms in total. The van der Waals surface area contributed by atoms with Gasteiger partial charge in [-0.15, -0.1) is 0 Å². The van der Waals surface area contributed by atoms with Crippen molar-refractivity contribution < 1.29 is 18.8 Å². The van der Waals surface area contributed by atoms with Crippen LogP contribution in [0.1, 0.15) is 25.1 Å². The molecule has 1 saturated heterocycles. The first-order valence-corrected chi connectivity index (χ1v) is 10.3. The molecule has 3 aromatic rings. The van der Waals surface area contributed by atoms with E-state index < -0.39 is 29.2 Å². The third-order valence-corrected chi connectivity index (χ3v) is 5.80. The van der Waals surface area contributed by atoms with E-state index in [9.17, 15) is 23.6 Å². The van der Waals surface area contributed by atoms with Crippen LogP contribution in [-0.4, -0.2) is 52.1 Å². The molecule has 0 radical (unpaired) electrons. The Morgan fingerprint density at radius 2 is 1.82 bits per heavy atom. The zero-order chi connectivity index (χ0) is 23.9. The first-order chi connectivity index (χ1) is 15.6. The van der Waals surface area contributed by atoms with Crippen LogP contribution in [0.15, 0.2) is 47.3 Å². The fourth-order valence-electron chi connectivity index (χ4n) is 3.88. The lowest BCUT2D eigenvalue weighted by Gasteiger charge is -2.26. The van der Waals surface area contributed by atoms with Gasteiger partial charge in [-0.3, -0.25) is 14.4 Å². The molecule has 10 heteroatoms. The largest absolute Gasteiger partial charge is 0.358 e. The van der Waals surface area contributed by atoms with Gasteiger partial charge in [0.05, 0.1) is 16.8 Å². The number of benzene rings is 2. The zero-order valence-electron chi connectivity index (χ0n) is 18.3. The minimum absolute atomic E-state index is 0.205. The van der Waals surface area contributed by atoms with E-state index in [0.29, 0.717) is 22.0 Å². The summed E-state index contributed by atoms with van der Waals surface area (Å²) in [7, 11) is 1.42. The molecular weight excluding hydrogens is 429 g/mol. The second kappa shape index (κ2) is 8.12. The number of anilines is 1. The number of urea groups is 1. The van der Waals surface area contributed by atoms with Crippen LogP contribution in [0.5, 0.6) is 0 Å². The predicted octanol–water partition coefficient (Wildman–Crippen LogP) is 1.95. The number of imide groups is 1. The van der Waals surface area contributed by atoms with Gasteiger partial charge in [0.2, 0.25) is 5.91 Å². The van der Waals surface area contributed by atoms with Gasteiger partial charge in [0.1, 0.15) is 17.9 Å². The summed E-state index contributed by atoms with van der Waals surface area (Å²) < 4.78 is 14.8. The molecule has 0 atom stereocenters. The van der Waals surface area contributed by atoms with Crippen molar-refractivity contribution in [2.45, 2.75) is 25.8 Å². The minimum atomic E-state index is -1.33. The number of nitrogens with zero attached hydrogens (tertiary/aromatic N) is 3. The highest BCUT2D eigenvalue weighted by atomic mass is 19.1. The number of likely N-dealkylation sites (N-methyl/N-ethyl adjacent to an activating group) is 1. The maximum Gasteiger partial charge on any atom is 0.332 e. The summed E-state index contributed by atoms with van der Waals surface area (Å²) in [4.78, 5) is 51.9. The number of aromatic nitrogens is 2. The Morgan fingerprint density at radius 1 is 1.12 bits per heavy atom. The van der Waals surface area contributed by atoms with E-state index in [-0.39, 0.29) is 24.2 Å². The predicted molar refractivity (Wildman–Crippen MR) is 119 cm³/mol. The van der Waals surface area contributed by atoms with Crippen LogP contribution < -0.4 is 15.8 Å². The number of H-pyrrole nitrogens is 1. The van der Waals surface area contributed by atoms with Gasteiger partial charge < -0.3 is 10.2 Å². The average molecular weight is 451 g/mol. The highest BCUT2D eigenvalue weighted by Crippen LogP contribution is 2.34. The van der Waals surface area contributed by atoms with Crippen molar-refractivity contribution in [3.05, 3.63) is 69.9 Å². The van der Waals surface area contributed by atoms with Crippen molar-refractivity contribution in [3.8, 4) is 0 Å². The van der Waals surface area contributed by atoms with Gasteiger partial charge in [-0.25, -0.2) is 19.2 Å². The summed E-state index contributed by atoms with van der Waals surface area (Å²) in [5, 5.41) is 10.1. The van der Waals surface area contributed by atoms with Gasteiger partial charge in [-0.05, 0) is 37.6 Å². The molecule has 1 aliphatic rings. The van der Waals surface area contributed by atoms with Crippen molar-refractivity contribution in [1.29, 1.82) is 0 Å². The maximum atomic E-state index is 14.8. The molecule has 33 heavy (non-hydrogen) atoms. The Kier molecular flexibility index (Phi) is 5.44. The third kappa shape index (κ3) is 3.73. The Balaban J connectivity index is 1.72. The molecule has 0 aliphatic carbocycles. The smallest absolute Gasteiger partial charge is 0.332 e. The number of rotatable bonds is 5. The second-order valence-corrected chi connectivity index (χ2v) is 8.25. The summed E-state index contributed by atoms with van der Waals surface area (Å²) in [5.74, 6) is -1.84. The molecule has 0 bridgehead atoms. The quantitative estimate of drug-likeness (QED) is 0.576. The number of amides is 4. The minimum Gasteiger partial charge on any atom is -0.358 e. The van der Waals surface area contributed by atoms with Gasteiger partial charge >= 0.3 is 6.03 Å². The van der Waals surface area contributed by atoms with Crippen molar-refractivity contribution in [1.82, 2.24) is 20.4 Å². The molecule has 1 aliphatic heterocycles. The van der Waals surface area contributed by atoms with E-state index in [1.54, 1.807) is 24.3 Å². The molecule has 170 valence electrons. The van der Waals surface area contributed by atoms with Gasteiger partial charge in [-0.2, -0.15) is 5.10 Å². The number of halogens is 1. The Morgan fingerprint density at radius 3 is 2.52 bits per heavy atom. The normalized spacial score (nSPS) is 15.4. The van der Waals surface area contributed by atoms with E-state index >= 15 is 0 Å². The number of hydrogen-bond donors (Lipinski definition) is 2. The van der Waals surface area contributed by atoms with Crippen LogP contribution in [0.4, 0.5) is 14.9 Å². The summed E-state index contributed by atoms with van der Waals surface area (Å²) in [6.07, 6.45) is 0.228. The van der Waals surface area contributed by atoms with Gasteiger partial charge in [0.25, 0.3) is 11.5 Å². The van der Waals surface area contributed by atoms with Crippen LogP contribution >= 0.6 is 0 Å². The molecule has 2 heterocycles. The van der Waals surface area contributed by atoms with E-state index in [0.717, 1.165) is 9.80 Å². The summed E-state index contributed by atoms with van der Waals surface area (Å²) in [6, 6.07) is 10.3. The van der Waals surface area contributed by atoms with Crippen LogP contribution in [0, 0.1) is 5.82 Å². The molecule has 2 aromatic carbocycles. The SMILES string of the molecule is CNC(=O)CN1C(=O)N(c2cc(Cc3n[nH]c(=O)c4ccccc34)ccc2F)C(=O)C1(C)C.